The molecule has 1 heterocycles. The van der Waals surface area contributed by atoms with Gasteiger partial charge >= 0.3 is 0 Å². The molecule has 7 heteroatoms. The number of nitrogens with zero attached hydrogens (tertiary/aromatic N) is 2. The van der Waals surface area contributed by atoms with Crippen LogP contribution in [0.2, 0.25) is 5.02 Å². The number of aromatic nitrogens is 2. The zero-order valence-electron chi connectivity index (χ0n) is 12.5. The molecule has 5 nitrogen and oxygen atoms in total. The van der Waals surface area contributed by atoms with Crippen molar-refractivity contribution in [3.63, 3.8) is 0 Å². The Morgan fingerprint density at radius 2 is 2.12 bits per heavy atom. The first-order valence-electron chi connectivity index (χ1n) is 7.24. The van der Waals surface area contributed by atoms with Gasteiger partial charge < -0.3 is 9.84 Å². The van der Waals surface area contributed by atoms with Gasteiger partial charge in [-0.05, 0) is 36.4 Å². The number of fused-ring (bicyclic) bond motifs is 1. The van der Waals surface area contributed by atoms with Crippen LogP contribution in [0.5, 0.6) is 5.75 Å². The topological polar surface area (TPSA) is 64.4 Å². The highest BCUT2D eigenvalue weighted by molar-refractivity contribution is 9.10. The highest BCUT2D eigenvalue weighted by Gasteiger charge is 2.11. The molecule has 0 amide bonds. The molecular formula is C17H14BrClN2O3. The second-order valence-corrected chi connectivity index (χ2v) is 6.64. The fourth-order valence-electron chi connectivity index (χ4n) is 2.29. The molecule has 3 rings (SSSR count). The molecule has 0 spiro atoms. The van der Waals surface area contributed by atoms with E-state index >= 15 is 0 Å². The normalized spacial score (nSPS) is 12.3. The van der Waals surface area contributed by atoms with Crippen molar-refractivity contribution in [3.8, 4) is 5.75 Å². The maximum absolute atomic E-state index is 12.4. The van der Waals surface area contributed by atoms with Crippen molar-refractivity contribution in [1.82, 2.24) is 9.55 Å². The molecule has 0 aliphatic carbocycles. The zero-order valence-corrected chi connectivity index (χ0v) is 14.9. The van der Waals surface area contributed by atoms with E-state index in [1.54, 1.807) is 30.3 Å². The SMILES string of the molecule is O=c1c2cc(Cl)ccc2ncn1C[C@@H](O)COc1cccc(Br)c1. The lowest BCUT2D eigenvalue weighted by atomic mass is 10.2. The second kappa shape index (κ2) is 7.34. The van der Waals surface area contributed by atoms with Crippen molar-refractivity contribution in [2.75, 3.05) is 6.61 Å². The molecule has 1 N–H and O–H groups in total. The van der Waals surface area contributed by atoms with Gasteiger partial charge in [-0.2, -0.15) is 0 Å². The molecule has 1 atom stereocenters. The van der Waals surface area contributed by atoms with Gasteiger partial charge in [-0.1, -0.05) is 33.6 Å². The molecule has 3 aromatic rings. The molecule has 0 bridgehead atoms. The molecule has 0 saturated carbocycles. The Kier molecular flexibility index (Phi) is 5.18. The Balaban J connectivity index is 1.72. The summed E-state index contributed by atoms with van der Waals surface area (Å²) < 4.78 is 7.78. The van der Waals surface area contributed by atoms with Crippen molar-refractivity contribution in [1.29, 1.82) is 0 Å². The Hall–Kier alpha value is -1.89. The average Bonchev–Trinajstić information content (AvgIpc) is 2.56. The van der Waals surface area contributed by atoms with Crippen LogP contribution in [0.3, 0.4) is 0 Å². The van der Waals surface area contributed by atoms with Gasteiger partial charge in [0, 0.05) is 9.50 Å². The third kappa shape index (κ3) is 3.95. The maximum Gasteiger partial charge on any atom is 0.261 e. The number of ether oxygens (including phenoxy) is 1. The van der Waals surface area contributed by atoms with Crippen LogP contribution in [0, 0.1) is 0 Å². The number of aliphatic hydroxyl groups is 1. The van der Waals surface area contributed by atoms with Gasteiger partial charge in [0.15, 0.2) is 0 Å². The van der Waals surface area contributed by atoms with Crippen molar-refractivity contribution in [2.24, 2.45) is 0 Å². The Bertz CT molecular complexity index is 929. The maximum atomic E-state index is 12.4. The summed E-state index contributed by atoms with van der Waals surface area (Å²) in [6, 6.07) is 12.3. The molecule has 124 valence electrons. The van der Waals surface area contributed by atoms with Crippen LogP contribution in [0.4, 0.5) is 0 Å². The summed E-state index contributed by atoms with van der Waals surface area (Å²) >= 11 is 9.28. The van der Waals surface area contributed by atoms with Gasteiger partial charge in [0.2, 0.25) is 0 Å². The van der Waals surface area contributed by atoms with Crippen molar-refractivity contribution < 1.29 is 9.84 Å². The quantitative estimate of drug-likeness (QED) is 0.702. The van der Waals surface area contributed by atoms with Crippen molar-refractivity contribution >= 4 is 38.4 Å². The molecule has 0 saturated heterocycles. The summed E-state index contributed by atoms with van der Waals surface area (Å²) in [5.41, 5.74) is 0.324. The van der Waals surface area contributed by atoms with E-state index in [2.05, 4.69) is 20.9 Å². The van der Waals surface area contributed by atoms with Crippen LogP contribution in [-0.2, 0) is 6.54 Å². The third-order valence-electron chi connectivity index (χ3n) is 3.43. The summed E-state index contributed by atoms with van der Waals surface area (Å²) in [6.07, 6.45) is 0.570. The van der Waals surface area contributed by atoms with E-state index in [0.717, 1.165) is 4.47 Å². The molecule has 1 aromatic heterocycles. The van der Waals surface area contributed by atoms with Crippen molar-refractivity contribution in [3.05, 3.63) is 68.6 Å². The average molecular weight is 410 g/mol. The fourth-order valence-corrected chi connectivity index (χ4v) is 2.84. The summed E-state index contributed by atoms with van der Waals surface area (Å²) in [6.45, 7) is 0.152. The first kappa shape index (κ1) is 17.0. The monoisotopic (exact) mass is 408 g/mol. The Morgan fingerprint density at radius 1 is 1.29 bits per heavy atom. The standard InChI is InChI=1S/C17H14BrClN2O3/c18-11-2-1-3-14(6-11)24-9-13(22)8-21-10-20-16-5-4-12(19)7-15(16)17(21)23/h1-7,10,13,22H,8-9H2/t13-/m1/s1. The van der Waals surface area contributed by atoms with E-state index in [1.165, 1.54) is 10.9 Å². The number of hydrogen-bond donors (Lipinski definition) is 1. The Morgan fingerprint density at radius 3 is 2.92 bits per heavy atom. The van der Waals surface area contributed by atoms with E-state index < -0.39 is 6.10 Å². The van der Waals surface area contributed by atoms with Gasteiger partial charge in [0.25, 0.3) is 5.56 Å². The second-order valence-electron chi connectivity index (χ2n) is 5.29. The summed E-state index contributed by atoms with van der Waals surface area (Å²) in [5.74, 6) is 0.638. The van der Waals surface area contributed by atoms with Crippen LogP contribution in [-0.4, -0.2) is 27.4 Å². The fraction of sp³-hybridized carbons (Fsp3) is 0.176. The predicted molar refractivity (Wildman–Crippen MR) is 96.7 cm³/mol. The number of aliphatic hydroxyl groups excluding tert-OH is 1. The number of benzene rings is 2. The molecule has 0 fully saturated rings. The van der Waals surface area contributed by atoms with Crippen LogP contribution < -0.4 is 10.3 Å². The van der Waals surface area contributed by atoms with E-state index in [-0.39, 0.29) is 18.7 Å². The lowest BCUT2D eigenvalue weighted by Gasteiger charge is -2.14. The van der Waals surface area contributed by atoms with Crippen LogP contribution in [0.1, 0.15) is 0 Å². The van der Waals surface area contributed by atoms with Crippen molar-refractivity contribution in [2.45, 2.75) is 12.6 Å². The zero-order chi connectivity index (χ0) is 17.1. The van der Waals surface area contributed by atoms with Crippen LogP contribution >= 0.6 is 27.5 Å². The molecule has 0 radical (unpaired) electrons. The molecule has 0 aliphatic heterocycles. The van der Waals surface area contributed by atoms with E-state index in [0.29, 0.717) is 21.7 Å². The van der Waals surface area contributed by atoms with Gasteiger partial charge in [0.05, 0.1) is 23.8 Å². The lowest BCUT2D eigenvalue weighted by Crippen LogP contribution is -2.30. The largest absolute Gasteiger partial charge is 0.491 e. The lowest BCUT2D eigenvalue weighted by molar-refractivity contribution is 0.0914. The predicted octanol–water partition coefficient (Wildman–Crippen LogP) is 3.25. The van der Waals surface area contributed by atoms with E-state index in [1.807, 2.05) is 12.1 Å². The molecule has 2 aromatic carbocycles. The molecule has 0 unspecified atom stereocenters. The first-order valence-corrected chi connectivity index (χ1v) is 8.41. The first-order chi connectivity index (χ1) is 11.5. The van der Waals surface area contributed by atoms with Crippen LogP contribution in [0.25, 0.3) is 10.9 Å². The van der Waals surface area contributed by atoms with Crippen LogP contribution in [0.15, 0.2) is 58.1 Å². The van der Waals surface area contributed by atoms with Gasteiger partial charge in [-0.3, -0.25) is 9.36 Å². The number of hydrogen-bond acceptors (Lipinski definition) is 4. The number of halogens is 2. The molecule has 24 heavy (non-hydrogen) atoms. The minimum Gasteiger partial charge on any atom is -0.491 e. The van der Waals surface area contributed by atoms with Gasteiger partial charge in [-0.15, -0.1) is 0 Å². The highest BCUT2D eigenvalue weighted by Crippen LogP contribution is 2.18. The smallest absolute Gasteiger partial charge is 0.261 e. The molecule has 0 aliphatic rings. The van der Waals surface area contributed by atoms with Gasteiger partial charge in [-0.25, -0.2) is 4.98 Å². The highest BCUT2D eigenvalue weighted by atomic mass is 79.9. The third-order valence-corrected chi connectivity index (χ3v) is 4.16. The summed E-state index contributed by atoms with van der Waals surface area (Å²) in [4.78, 5) is 16.7. The minimum absolute atomic E-state index is 0.0659. The van der Waals surface area contributed by atoms with E-state index in [4.69, 9.17) is 16.3 Å². The Labute approximate surface area is 151 Å². The number of rotatable bonds is 5. The summed E-state index contributed by atoms with van der Waals surface area (Å²) in [5, 5.41) is 11.0. The van der Waals surface area contributed by atoms with E-state index in [9.17, 15) is 9.90 Å². The summed E-state index contributed by atoms with van der Waals surface area (Å²) in [7, 11) is 0. The van der Waals surface area contributed by atoms with Gasteiger partial charge in [0.1, 0.15) is 18.5 Å². The minimum atomic E-state index is -0.847. The molecular weight excluding hydrogens is 396 g/mol.